The van der Waals surface area contributed by atoms with Crippen molar-refractivity contribution in [1.82, 2.24) is 0 Å². The fourth-order valence-corrected chi connectivity index (χ4v) is 1.33. The molecule has 0 rings (SSSR count). The highest BCUT2D eigenvalue weighted by atomic mass is 32.2. The van der Waals surface area contributed by atoms with E-state index in [2.05, 4.69) is 6.58 Å². The van der Waals surface area contributed by atoms with E-state index in [9.17, 15) is 4.79 Å². The Bertz CT molecular complexity index is 157. The zero-order valence-corrected chi connectivity index (χ0v) is 9.23. The van der Waals surface area contributed by atoms with Crippen LogP contribution in [-0.4, -0.2) is 23.6 Å². The van der Waals surface area contributed by atoms with Crippen LogP contribution in [-0.2, 0) is 9.53 Å². The molecule has 76 valence electrons. The van der Waals surface area contributed by atoms with E-state index in [0.717, 1.165) is 17.9 Å². The molecular formula is C10H18O2S. The van der Waals surface area contributed by atoms with Gasteiger partial charge in [-0.15, -0.1) is 6.58 Å². The smallest absolute Gasteiger partial charge is 0.306 e. The first-order valence-electron chi connectivity index (χ1n) is 4.58. The molecule has 0 saturated heterocycles. The molecule has 0 bridgehead atoms. The lowest BCUT2D eigenvalue weighted by atomic mass is 10.3. The van der Waals surface area contributed by atoms with E-state index in [0.29, 0.717) is 6.42 Å². The Morgan fingerprint density at radius 2 is 2.38 bits per heavy atom. The maximum absolute atomic E-state index is 11.1. The molecule has 0 aromatic heterocycles. The molecule has 1 atom stereocenters. The summed E-state index contributed by atoms with van der Waals surface area (Å²) in [5, 5.41) is 0. The molecule has 0 aliphatic carbocycles. The number of esters is 1. The molecule has 0 radical (unpaired) electrons. The molecule has 0 saturated carbocycles. The second-order valence-corrected chi connectivity index (χ2v) is 3.97. The monoisotopic (exact) mass is 202 g/mol. The third-order valence-electron chi connectivity index (χ3n) is 1.59. The zero-order valence-electron chi connectivity index (χ0n) is 8.41. The van der Waals surface area contributed by atoms with Crippen LogP contribution in [0.4, 0.5) is 0 Å². The quantitative estimate of drug-likeness (QED) is 0.360. The summed E-state index contributed by atoms with van der Waals surface area (Å²) in [6.45, 7) is 7.52. The number of rotatable bonds is 7. The Hall–Kier alpha value is -0.440. The van der Waals surface area contributed by atoms with Gasteiger partial charge in [0.25, 0.3) is 0 Å². The second-order valence-electron chi connectivity index (χ2n) is 2.82. The van der Waals surface area contributed by atoms with Crippen molar-refractivity contribution in [3.05, 3.63) is 12.7 Å². The first kappa shape index (κ1) is 12.6. The molecule has 1 unspecified atom stereocenters. The Kier molecular flexibility index (Phi) is 7.90. The summed E-state index contributed by atoms with van der Waals surface area (Å²) < 4.78 is 5.10. The van der Waals surface area contributed by atoms with E-state index in [1.807, 2.05) is 19.9 Å². The third-order valence-corrected chi connectivity index (χ3v) is 2.56. The summed E-state index contributed by atoms with van der Waals surface area (Å²) in [5.41, 5.74) is 0. The van der Waals surface area contributed by atoms with Gasteiger partial charge in [0.15, 0.2) is 0 Å². The summed E-state index contributed by atoms with van der Waals surface area (Å²) >= 11 is 1.70. The second kappa shape index (κ2) is 8.17. The van der Waals surface area contributed by atoms with Gasteiger partial charge in [-0.05, 0) is 13.3 Å². The van der Waals surface area contributed by atoms with Gasteiger partial charge >= 0.3 is 5.97 Å². The van der Waals surface area contributed by atoms with Crippen LogP contribution >= 0.6 is 11.8 Å². The van der Waals surface area contributed by atoms with Crippen LogP contribution in [0.25, 0.3) is 0 Å². The maximum Gasteiger partial charge on any atom is 0.306 e. The molecule has 13 heavy (non-hydrogen) atoms. The predicted molar refractivity (Wildman–Crippen MR) is 58.0 cm³/mol. The van der Waals surface area contributed by atoms with E-state index < -0.39 is 0 Å². The van der Waals surface area contributed by atoms with Gasteiger partial charge in [0, 0.05) is 11.5 Å². The number of carbonyl (C=O) groups excluding carboxylic acids is 1. The summed E-state index contributed by atoms with van der Waals surface area (Å²) in [7, 11) is 0. The molecule has 0 aromatic carbocycles. The zero-order chi connectivity index (χ0) is 10.1. The molecule has 0 aliphatic heterocycles. The largest absolute Gasteiger partial charge is 0.463 e. The third kappa shape index (κ3) is 7.91. The molecule has 2 nitrogen and oxygen atoms in total. The molecule has 0 aliphatic rings. The molecule has 0 N–H and O–H groups in total. The SMILES string of the molecule is C=CCSCCC(=O)OC(C)CC. The highest BCUT2D eigenvalue weighted by molar-refractivity contribution is 7.99. The van der Waals surface area contributed by atoms with Crippen LogP contribution in [0, 0.1) is 0 Å². The van der Waals surface area contributed by atoms with E-state index in [4.69, 9.17) is 4.74 Å². The molecule has 0 aromatic rings. The van der Waals surface area contributed by atoms with Gasteiger partial charge in [0.1, 0.15) is 0 Å². The van der Waals surface area contributed by atoms with Crippen molar-refractivity contribution in [2.45, 2.75) is 32.8 Å². The minimum atomic E-state index is -0.0917. The van der Waals surface area contributed by atoms with Crippen molar-refractivity contribution >= 4 is 17.7 Å². The van der Waals surface area contributed by atoms with Gasteiger partial charge in [-0.25, -0.2) is 0 Å². The summed E-state index contributed by atoms with van der Waals surface area (Å²) in [6.07, 6.45) is 3.27. The van der Waals surface area contributed by atoms with Gasteiger partial charge in [0.05, 0.1) is 12.5 Å². The Morgan fingerprint density at radius 3 is 2.92 bits per heavy atom. The van der Waals surface area contributed by atoms with Crippen molar-refractivity contribution in [3.63, 3.8) is 0 Å². The topological polar surface area (TPSA) is 26.3 Å². The molecule has 0 spiro atoms. The molecule has 3 heteroatoms. The van der Waals surface area contributed by atoms with Crippen LogP contribution in [0.15, 0.2) is 12.7 Å². The van der Waals surface area contributed by atoms with Crippen molar-refractivity contribution in [1.29, 1.82) is 0 Å². The lowest BCUT2D eigenvalue weighted by molar-refractivity contribution is -0.147. The van der Waals surface area contributed by atoms with Gasteiger partial charge < -0.3 is 4.74 Å². The highest BCUT2D eigenvalue weighted by Gasteiger charge is 2.06. The number of carbonyl (C=O) groups is 1. The first-order valence-corrected chi connectivity index (χ1v) is 5.74. The van der Waals surface area contributed by atoms with Gasteiger partial charge in [-0.3, -0.25) is 4.79 Å². The van der Waals surface area contributed by atoms with Crippen LogP contribution < -0.4 is 0 Å². The van der Waals surface area contributed by atoms with E-state index in [1.165, 1.54) is 0 Å². The summed E-state index contributed by atoms with van der Waals surface area (Å²) in [4.78, 5) is 11.1. The van der Waals surface area contributed by atoms with E-state index in [-0.39, 0.29) is 12.1 Å². The Morgan fingerprint density at radius 1 is 1.69 bits per heavy atom. The van der Waals surface area contributed by atoms with Crippen LogP contribution in [0.1, 0.15) is 26.7 Å². The number of hydrogen-bond acceptors (Lipinski definition) is 3. The fourth-order valence-electron chi connectivity index (χ4n) is 0.689. The maximum atomic E-state index is 11.1. The molecule has 0 heterocycles. The average molecular weight is 202 g/mol. The lowest BCUT2D eigenvalue weighted by Crippen LogP contribution is -2.14. The average Bonchev–Trinajstić information content (AvgIpc) is 2.12. The van der Waals surface area contributed by atoms with Crippen molar-refractivity contribution < 1.29 is 9.53 Å². The summed E-state index contributed by atoms with van der Waals surface area (Å²) in [5.74, 6) is 1.63. The fraction of sp³-hybridized carbons (Fsp3) is 0.700. The Balaban J connectivity index is 3.35. The van der Waals surface area contributed by atoms with Crippen molar-refractivity contribution in [2.24, 2.45) is 0 Å². The molecule has 0 fully saturated rings. The van der Waals surface area contributed by atoms with Crippen molar-refractivity contribution in [3.8, 4) is 0 Å². The standard InChI is InChI=1S/C10H18O2S/c1-4-7-13-8-6-10(11)12-9(3)5-2/h4,9H,1,5-8H2,2-3H3. The van der Waals surface area contributed by atoms with Crippen LogP contribution in [0.2, 0.25) is 0 Å². The van der Waals surface area contributed by atoms with E-state index in [1.54, 1.807) is 11.8 Å². The summed E-state index contributed by atoms with van der Waals surface area (Å²) in [6, 6.07) is 0. The highest BCUT2D eigenvalue weighted by Crippen LogP contribution is 2.05. The van der Waals surface area contributed by atoms with Crippen molar-refractivity contribution in [2.75, 3.05) is 11.5 Å². The van der Waals surface area contributed by atoms with Crippen LogP contribution in [0.3, 0.4) is 0 Å². The Labute approximate surface area is 84.7 Å². The number of ether oxygens (including phenoxy) is 1. The molecule has 0 amide bonds. The normalized spacial score (nSPS) is 12.2. The van der Waals surface area contributed by atoms with Gasteiger partial charge in [-0.1, -0.05) is 13.0 Å². The van der Waals surface area contributed by atoms with E-state index >= 15 is 0 Å². The predicted octanol–water partition coefficient (Wildman–Crippen LogP) is 2.64. The molecular weight excluding hydrogens is 184 g/mol. The van der Waals surface area contributed by atoms with Crippen LogP contribution in [0.5, 0.6) is 0 Å². The number of hydrogen-bond donors (Lipinski definition) is 0. The minimum absolute atomic E-state index is 0.0527. The van der Waals surface area contributed by atoms with Gasteiger partial charge in [0.2, 0.25) is 0 Å². The first-order chi connectivity index (χ1) is 6.20. The van der Waals surface area contributed by atoms with Gasteiger partial charge in [-0.2, -0.15) is 11.8 Å². The number of thioether (sulfide) groups is 1. The lowest BCUT2D eigenvalue weighted by Gasteiger charge is -2.09. The minimum Gasteiger partial charge on any atom is -0.463 e.